The van der Waals surface area contributed by atoms with E-state index in [-0.39, 0.29) is 30.4 Å². The summed E-state index contributed by atoms with van der Waals surface area (Å²) < 4.78 is 5.41. The van der Waals surface area contributed by atoms with Crippen LogP contribution in [0.3, 0.4) is 0 Å². The Bertz CT molecular complexity index is 1180. The van der Waals surface area contributed by atoms with Crippen LogP contribution in [0.15, 0.2) is 24.3 Å². The highest BCUT2D eigenvalue weighted by molar-refractivity contribution is 6.02. The Kier molecular flexibility index (Phi) is 5.88. The highest BCUT2D eigenvalue weighted by Crippen LogP contribution is 2.48. The van der Waals surface area contributed by atoms with Crippen molar-refractivity contribution < 1.29 is 19.1 Å². The van der Waals surface area contributed by atoms with E-state index in [1.807, 2.05) is 4.90 Å². The average molecular weight is 491 g/mol. The Morgan fingerprint density at radius 2 is 1.94 bits per heavy atom. The van der Waals surface area contributed by atoms with Gasteiger partial charge < -0.3 is 19.9 Å². The summed E-state index contributed by atoms with van der Waals surface area (Å²) in [6, 6.07) is 9.45. The third kappa shape index (κ3) is 4.27. The number of piperazine rings is 1. The van der Waals surface area contributed by atoms with Gasteiger partial charge in [0.25, 0.3) is 0 Å². The smallest absolute Gasteiger partial charge is 0.408 e. The molecule has 4 fully saturated rings. The lowest BCUT2D eigenvalue weighted by Gasteiger charge is -2.37. The van der Waals surface area contributed by atoms with E-state index < -0.39 is 29.8 Å². The zero-order valence-corrected chi connectivity index (χ0v) is 20.7. The van der Waals surface area contributed by atoms with Crippen molar-refractivity contribution in [3.8, 4) is 12.1 Å². The zero-order valence-electron chi connectivity index (χ0n) is 20.7. The lowest BCUT2D eigenvalue weighted by molar-refractivity contribution is -0.136. The normalized spacial score (nSPS) is 29.4. The number of nitriles is 2. The molecule has 5 rings (SSSR count). The minimum atomic E-state index is -0.943. The number of fused-ring (bicyclic) bond motifs is 3. The monoisotopic (exact) mass is 490 g/mol. The van der Waals surface area contributed by atoms with Crippen molar-refractivity contribution in [2.24, 2.45) is 5.92 Å². The number of anilines is 1. The van der Waals surface area contributed by atoms with Crippen molar-refractivity contribution in [3.63, 3.8) is 0 Å². The Hall–Kier alpha value is -3.63. The standard InChI is InChI=1S/C26H30N6O4/c1-26(2,3)36-25(35)29-19(23(33)31-17(12-28)8-16-9-21(16)31)14-30-13-18-10-22(30)24(34)32(18)20-7-5-4-6-15(20)11-27/h4-7,16-19,21-22H,8-10,13-14H2,1-3H3,(H,29,35)/t16?,17?,18-,19?,21?,22?/m0/s1. The minimum absolute atomic E-state index is 0.0414. The summed E-state index contributed by atoms with van der Waals surface area (Å²) in [4.78, 5) is 44.9. The van der Waals surface area contributed by atoms with Crippen LogP contribution in [-0.4, -0.2) is 76.6 Å². The maximum absolute atomic E-state index is 13.6. The molecule has 1 saturated carbocycles. The molecule has 1 N–H and O–H groups in total. The number of carbonyl (C=O) groups is 3. The molecule has 1 aromatic carbocycles. The van der Waals surface area contributed by atoms with E-state index in [4.69, 9.17) is 4.74 Å². The molecular formula is C26H30N6O4. The number of amides is 3. The molecule has 188 valence electrons. The van der Waals surface area contributed by atoms with Gasteiger partial charge in [-0.3, -0.25) is 14.5 Å². The van der Waals surface area contributed by atoms with Gasteiger partial charge in [0.2, 0.25) is 11.8 Å². The van der Waals surface area contributed by atoms with Gasteiger partial charge in [0.15, 0.2) is 0 Å². The highest BCUT2D eigenvalue weighted by Gasteiger charge is 2.56. The maximum atomic E-state index is 13.6. The number of rotatable bonds is 5. The molecule has 0 radical (unpaired) electrons. The summed E-state index contributed by atoms with van der Waals surface area (Å²) in [5, 5.41) is 21.8. The maximum Gasteiger partial charge on any atom is 0.408 e. The van der Waals surface area contributed by atoms with E-state index in [2.05, 4.69) is 17.5 Å². The molecule has 3 saturated heterocycles. The van der Waals surface area contributed by atoms with Crippen LogP contribution in [0.5, 0.6) is 0 Å². The number of hydrogen-bond donors (Lipinski definition) is 1. The largest absolute Gasteiger partial charge is 0.444 e. The van der Waals surface area contributed by atoms with Gasteiger partial charge >= 0.3 is 6.09 Å². The Morgan fingerprint density at radius 3 is 2.61 bits per heavy atom. The fourth-order valence-corrected chi connectivity index (χ4v) is 5.90. The van der Waals surface area contributed by atoms with Gasteiger partial charge in [-0.25, -0.2) is 4.79 Å². The Labute approximate surface area is 210 Å². The first kappa shape index (κ1) is 24.1. The van der Waals surface area contributed by atoms with Gasteiger partial charge in [0.1, 0.15) is 23.8 Å². The van der Waals surface area contributed by atoms with E-state index in [1.165, 1.54) is 0 Å². The van der Waals surface area contributed by atoms with Gasteiger partial charge in [0, 0.05) is 19.1 Å². The van der Waals surface area contributed by atoms with Crippen LogP contribution >= 0.6 is 0 Å². The first-order valence-corrected chi connectivity index (χ1v) is 12.4. The molecule has 36 heavy (non-hydrogen) atoms. The van der Waals surface area contributed by atoms with Crippen molar-refractivity contribution in [3.05, 3.63) is 29.8 Å². The quantitative estimate of drug-likeness (QED) is 0.666. The van der Waals surface area contributed by atoms with E-state index >= 15 is 0 Å². The molecule has 6 atom stereocenters. The fourth-order valence-electron chi connectivity index (χ4n) is 5.90. The molecule has 1 aromatic rings. The number of piperidine rings is 1. The number of hydrogen-bond acceptors (Lipinski definition) is 7. The Morgan fingerprint density at radius 1 is 1.19 bits per heavy atom. The molecule has 1 aliphatic carbocycles. The molecule has 4 aliphatic rings. The third-order valence-electron chi connectivity index (χ3n) is 7.47. The SMILES string of the molecule is CC(C)(C)OC(=O)NC(CN1C[C@@H]2CC1C(=O)N2c1ccccc1C#N)C(=O)N1C(C#N)CC2CC21. The number of nitrogens with zero attached hydrogens (tertiary/aromatic N) is 5. The number of likely N-dealkylation sites (tertiary alicyclic amines) is 2. The second-order valence-electron chi connectivity index (χ2n) is 11.1. The molecule has 0 spiro atoms. The van der Waals surface area contributed by atoms with Crippen molar-refractivity contribution in [2.75, 3.05) is 18.0 Å². The summed E-state index contributed by atoms with van der Waals surface area (Å²) in [6.07, 6.45) is 1.41. The van der Waals surface area contributed by atoms with Gasteiger partial charge in [-0.15, -0.1) is 0 Å². The third-order valence-corrected chi connectivity index (χ3v) is 7.47. The summed E-state index contributed by atoms with van der Waals surface area (Å²) in [5.41, 5.74) is 0.310. The fraction of sp³-hybridized carbons (Fsp3) is 0.577. The van der Waals surface area contributed by atoms with Crippen LogP contribution in [0.2, 0.25) is 0 Å². The summed E-state index contributed by atoms with van der Waals surface area (Å²) >= 11 is 0. The molecule has 2 bridgehead atoms. The number of nitrogens with one attached hydrogen (secondary N) is 1. The first-order chi connectivity index (χ1) is 17.1. The summed E-state index contributed by atoms with van der Waals surface area (Å²) in [5.74, 6) is -0.0750. The van der Waals surface area contributed by atoms with Crippen LogP contribution in [0.4, 0.5) is 10.5 Å². The average Bonchev–Trinajstić information content (AvgIpc) is 3.15. The van der Waals surface area contributed by atoms with Gasteiger partial charge in [-0.1, -0.05) is 12.1 Å². The van der Waals surface area contributed by atoms with Gasteiger partial charge in [-0.05, 0) is 58.1 Å². The topological polar surface area (TPSA) is 130 Å². The minimum Gasteiger partial charge on any atom is -0.444 e. The van der Waals surface area contributed by atoms with Gasteiger partial charge in [-0.2, -0.15) is 10.5 Å². The molecule has 0 aromatic heterocycles. The molecule has 3 amide bonds. The van der Waals surface area contributed by atoms with Crippen LogP contribution in [0.1, 0.15) is 45.6 Å². The molecular weight excluding hydrogens is 460 g/mol. The second-order valence-corrected chi connectivity index (χ2v) is 11.1. The van der Waals surface area contributed by atoms with E-state index in [1.54, 1.807) is 54.8 Å². The zero-order chi connectivity index (χ0) is 25.8. The van der Waals surface area contributed by atoms with Crippen molar-refractivity contribution >= 4 is 23.6 Å². The lowest BCUT2D eigenvalue weighted by Crippen LogP contribution is -2.59. The number of benzene rings is 1. The number of carbonyl (C=O) groups excluding carboxylic acids is 3. The van der Waals surface area contributed by atoms with E-state index in [9.17, 15) is 24.9 Å². The Balaban J connectivity index is 1.34. The molecule has 3 aliphatic heterocycles. The van der Waals surface area contributed by atoms with E-state index in [0.29, 0.717) is 36.6 Å². The number of ether oxygens (including phenoxy) is 1. The predicted molar refractivity (Wildman–Crippen MR) is 128 cm³/mol. The van der Waals surface area contributed by atoms with Gasteiger partial charge in [0.05, 0.1) is 29.4 Å². The van der Waals surface area contributed by atoms with Crippen LogP contribution in [0.25, 0.3) is 0 Å². The number of alkyl carbamates (subject to hydrolysis) is 1. The van der Waals surface area contributed by atoms with Crippen LogP contribution in [0, 0.1) is 28.6 Å². The molecule has 10 nitrogen and oxygen atoms in total. The second kappa shape index (κ2) is 8.79. The van der Waals surface area contributed by atoms with Crippen molar-refractivity contribution in [2.45, 2.75) is 75.8 Å². The summed E-state index contributed by atoms with van der Waals surface area (Å²) in [7, 11) is 0. The summed E-state index contributed by atoms with van der Waals surface area (Å²) in [6.45, 7) is 5.90. The molecule has 10 heteroatoms. The molecule has 3 heterocycles. The van der Waals surface area contributed by atoms with Crippen molar-refractivity contribution in [1.82, 2.24) is 15.1 Å². The first-order valence-electron chi connectivity index (χ1n) is 12.4. The van der Waals surface area contributed by atoms with Crippen LogP contribution in [-0.2, 0) is 14.3 Å². The highest BCUT2D eigenvalue weighted by atomic mass is 16.6. The molecule has 5 unspecified atom stereocenters. The van der Waals surface area contributed by atoms with Crippen molar-refractivity contribution in [1.29, 1.82) is 10.5 Å². The lowest BCUT2D eigenvalue weighted by atomic mass is 10.1. The number of para-hydroxylation sites is 1. The van der Waals surface area contributed by atoms with E-state index in [0.717, 1.165) is 6.42 Å². The van der Waals surface area contributed by atoms with Crippen LogP contribution < -0.4 is 10.2 Å². The predicted octanol–water partition coefficient (Wildman–Crippen LogP) is 1.75.